The van der Waals surface area contributed by atoms with Gasteiger partial charge in [0.25, 0.3) is 5.91 Å². The fourth-order valence-electron chi connectivity index (χ4n) is 3.70. The van der Waals surface area contributed by atoms with E-state index in [1.54, 1.807) is 69.3 Å². The molecule has 0 unspecified atom stereocenters. The summed E-state index contributed by atoms with van der Waals surface area (Å²) < 4.78 is 15.5. The number of amides is 3. The molecule has 0 saturated carbocycles. The second-order valence-electron chi connectivity index (χ2n) is 9.68. The standard InChI is InChI=1S/C28H33N3O7/c1-27(2,3)38-23(32)14-15-28(30-25(34)36-5,17-21-12-9-13-22(16-21)18-29)24(33)31(4)26(35)37-19-20-10-7-6-8-11-20/h6-13,16H,14-15,17,19H2,1-5H3,(H,30,34)/t28-/m1/s1. The summed E-state index contributed by atoms with van der Waals surface area (Å²) in [4.78, 5) is 52.5. The molecule has 0 saturated heterocycles. The van der Waals surface area contributed by atoms with Crippen molar-refractivity contribution in [1.82, 2.24) is 10.2 Å². The summed E-state index contributed by atoms with van der Waals surface area (Å²) in [5.74, 6) is -1.42. The number of imide groups is 1. The van der Waals surface area contributed by atoms with Gasteiger partial charge in [-0.3, -0.25) is 9.59 Å². The first-order valence-corrected chi connectivity index (χ1v) is 11.9. The molecule has 0 aliphatic carbocycles. The van der Waals surface area contributed by atoms with Gasteiger partial charge in [0.15, 0.2) is 0 Å². The highest BCUT2D eigenvalue weighted by atomic mass is 16.6. The van der Waals surface area contributed by atoms with Crippen molar-refractivity contribution in [1.29, 1.82) is 5.26 Å². The van der Waals surface area contributed by atoms with Crippen LogP contribution in [0.25, 0.3) is 0 Å². The van der Waals surface area contributed by atoms with Gasteiger partial charge in [0.1, 0.15) is 17.7 Å². The number of rotatable bonds is 9. The molecule has 10 heteroatoms. The molecule has 2 aromatic carbocycles. The molecule has 0 aliphatic rings. The Labute approximate surface area is 222 Å². The monoisotopic (exact) mass is 523 g/mol. The maximum absolute atomic E-state index is 13.9. The Morgan fingerprint density at radius 3 is 2.26 bits per heavy atom. The molecule has 0 heterocycles. The summed E-state index contributed by atoms with van der Waals surface area (Å²) in [6, 6.07) is 17.4. The number of hydrogen-bond donors (Lipinski definition) is 1. The first-order valence-electron chi connectivity index (χ1n) is 11.9. The third kappa shape index (κ3) is 8.92. The van der Waals surface area contributed by atoms with Gasteiger partial charge in [0.2, 0.25) is 0 Å². The predicted molar refractivity (Wildman–Crippen MR) is 138 cm³/mol. The number of alkyl carbamates (subject to hydrolysis) is 1. The number of carbonyl (C=O) groups excluding carboxylic acids is 4. The minimum absolute atomic E-state index is 0.0726. The summed E-state index contributed by atoms with van der Waals surface area (Å²) in [5, 5.41) is 11.9. The van der Waals surface area contributed by atoms with Crippen molar-refractivity contribution < 1.29 is 33.4 Å². The van der Waals surface area contributed by atoms with Crippen molar-refractivity contribution in [2.45, 2.75) is 57.8 Å². The zero-order valence-corrected chi connectivity index (χ0v) is 22.3. The minimum Gasteiger partial charge on any atom is -0.460 e. The van der Waals surface area contributed by atoms with E-state index in [0.29, 0.717) is 11.1 Å². The number of esters is 1. The van der Waals surface area contributed by atoms with E-state index in [-0.39, 0.29) is 25.9 Å². The van der Waals surface area contributed by atoms with Crippen LogP contribution in [0.4, 0.5) is 9.59 Å². The number of nitriles is 1. The topological polar surface area (TPSA) is 135 Å². The molecule has 202 valence electrons. The van der Waals surface area contributed by atoms with E-state index in [2.05, 4.69) is 5.32 Å². The molecule has 1 N–H and O–H groups in total. The fourth-order valence-corrected chi connectivity index (χ4v) is 3.70. The van der Waals surface area contributed by atoms with Crippen LogP contribution in [0, 0.1) is 11.3 Å². The number of nitrogens with zero attached hydrogens (tertiary/aromatic N) is 2. The van der Waals surface area contributed by atoms with Crippen LogP contribution in [0.1, 0.15) is 50.3 Å². The van der Waals surface area contributed by atoms with Gasteiger partial charge in [-0.05, 0) is 50.5 Å². The lowest BCUT2D eigenvalue weighted by atomic mass is 9.84. The van der Waals surface area contributed by atoms with E-state index >= 15 is 0 Å². The summed E-state index contributed by atoms with van der Waals surface area (Å²) in [7, 11) is 2.36. The van der Waals surface area contributed by atoms with Gasteiger partial charge >= 0.3 is 18.2 Å². The first kappa shape index (κ1) is 29.8. The summed E-state index contributed by atoms with van der Waals surface area (Å²) >= 11 is 0. The Kier molecular flexibility index (Phi) is 10.4. The molecule has 2 rings (SSSR count). The second-order valence-corrected chi connectivity index (χ2v) is 9.68. The summed E-state index contributed by atoms with van der Waals surface area (Å²) in [5.41, 5.74) is -0.996. The Bertz CT molecular complexity index is 1180. The van der Waals surface area contributed by atoms with Crippen molar-refractivity contribution in [3.8, 4) is 6.07 Å². The van der Waals surface area contributed by atoms with Crippen molar-refractivity contribution in [2.24, 2.45) is 0 Å². The molecule has 0 aromatic heterocycles. The molecule has 0 bridgehead atoms. The Morgan fingerprint density at radius 2 is 1.66 bits per heavy atom. The van der Waals surface area contributed by atoms with Crippen LogP contribution in [0.15, 0.2) is 54.6 Å². The van der Waals surface area contributed by atoms with E-state index in [0.717, 1.165) is 17.6 Å². The molecule has 2 aromatic rings. The number of hydrogen-bond acceptors (Lipinski definition) is 8. The van der Waals surface area contributed by atoms with E-state index in [9.17, 15) is 24.4 Å². The molecule has 10 nitrogen and oxygen atoms in total. The zero-order chi connectivity index (χ0) is 28.3. The Morgan fingerprint density at radius 1 is 1.00 bits per heavy atom. The van der Waals surface area contributed by atoms with Crippen LogP contribution in [-0.4, -0.2) is 54.3 Å². The number of carbonyl (C=O) groups is 4. The number of likely N-dealkylation sites (N-methyl/N-ethyl adjacent to an activating group) is 1. The molecular formula is C28H33N3O7. The number of ether oxygens (including phenoxy) is 3. The van der Waals surface area contributed by atoms with E-state index < -0.39 is 35.2 Å². The lowest BCUT2D eigenvalue weighted by molar-refractivity contribution is -0.155. The number of methoxy groups -OCH3 is 1. The zero-order valence-electron chi connectivity index (χ0n) is 22.3. The molecule has 3 amide bonds. The third-order valence-electron chi connectivity index (χ3n) is 5.46. The largest absolute Gasteiger partial charge is 0.460 e. The van der Waals surface area contributed by atoms with Crippen molar-refractivity contribution in [3.05, 3.63) is 71.3 Å². The van der Waals surface area contributed by atoms with Crippen LogP contribution in [-0.2, 0) is 36.8 Å². The number of benzene rings is 2. The van der Waals surface area contributed by atoms with Crippen molar-refractivity contribution in [3.63, 3.8) is 0 Å². The third-order valence-corrected chi connectivity index (χ3v) is 5.46. The molecule has 0 fully saturated rings. The summed E-state index contributed by atoms with van der Waals surface area (Å²) in [6.07, 6.45) is -2.50. The second kappa shape index (κ2) is 13.2. The maximum atomic E-state index is 13.9. The van der Waals surface area contributed by atoms with Crippen LogP contribution >= 0.6 is 0 Å². The quantitative estimate of drug-likeness (QED) is 0.383. The van der Waals surface area contributed by atoms with Gasteiger partial charge in [0.05, 0.1) is 18.7 Å². The van der Waals surface area contributed by atoms with Gasteiger partial charge in [-0.2, -0.15) is 5.26 Å². The van der Waals surface area contributed by atoms with Crippen LogP contribution in [0.2, 0.25) is 0 Å². The molecular weight excluding hydrogens is 490 g/mol. The van der Waals surface area contributed by atoms with Gasteiger partial charge in [-0.15, -0.1) is 0 Å². The van der Waals surface area contributed by atoms with Gasteiger partial charge < -0.3 is 19.5 Å². The number of nitrogens with one attached hydrogen (secondary N) is 1. The highest BCUT2D eigenvalue weighted by molar-refractivity contribution is 5.99. The van der Waals surface area contributed by atoms with Crippen LogP contribution in [0.5, 0.6) is 0 Å². The van der Waals surface area contributed by atoms with Crippen LogP contribution < -0.4 is 5.32 Å². The first-order chi connectivity index (χ1) is 17.9. The minimum atomic E-state index is -1.81. The van der Waals surface area contributed by atoms with Gasteiger partial charge in [-0.1, -0.05) is 42.5 Å². The lowest BCUT2D eigenvalue weighted by Crippen LogP contribution is -2.61. The average molecular weight is 524 g/mol. The van der Waals surface area contributed by atoms with Gasteiger partial charge in [0, 0.05) is 19.9 Å². The highest BCUT2D eigenvalue weighted by Gasteiger charge is 2.45. The van der Waals surface area contributed by atoms with Crippen molar-refractivity contribution in [2.75, 3.05) is 14.2 Å². The Balaban J connectivity index is 2.41. The van der Waals surface area contributed by atoms with E-state index in [4.69, 9.17) is 14.2 Å². The van der Waals surface area contributed by atoms with Crippen molar-refractivity contribution >= 4 is 24.1 Å². The van der Waals surface area contributed by atoms with E-state index in [1.807, 2.05) is 12.1 Å². The smallest absolute Gasteiger partial charge is 0.416 e. The Hall–Kier alpha value is -4.39. The van der Waals surface area contributed by atoms with Crippen LogP contribution in [0.3, 0.4) is 0 Å². The molecule has 38 heavy (non-hydrogen) atoms. The van der Waals surface area contributed by atoms with E-state index in [1.165, 1.54) is 7.05 Å². The van der Waals surface area contributed by atoms with Gasteiger partial charge in [-0.25, -0.2) is 14.5 Å². The molecule has 0 aliphatic heterocycles. The molecule has 0 radical (unpaired) electrons. The average Bonchev–Trinajstić information content (AvgIpc) is 2.89. The highest BCUT2D eigenvalue weighted by Crippen LogP contribution is 2.25. The fraction of sp³-hybridized carbons (Fsp3) is 0.393. The molecule has 1 atom stereocenters. The summed E-state index contributed by atoms with van der Waals surface area (Å²) in [6.45, 7) is 5.05. The molecule has 0 spiro atoms. The lowest BCUT2D eigenvalue weighted by Gasteiger charge is -2.35. The predicted octanol–water partition coefficient (Wildman–Crippen LogP) is 4.11. The SMILES string of the molecule is COC(=O)N[C@](CCC(=O)OC(C)(C)C)(Cc1cccc(C#N)c1)C(=O)N(C)C(=O)OCc1ccccc1. The normalized spacial score (nSPS) is 12.3. The maximum Gasteiger partial charge on any atom is 0.416 e.